The van der Waals surface area contributed by atoms with E-state index in [1.165, 1.54) is 32.1 Å². The number of carbonyl (C=O) groups excluding carboxylic acids is 4. The number of carboxylic acid groups (broad SMARTS) is 1. The summed E-state index contributed by atoms with van der Waals surface area (Å²) in [6.45, 7) is 16.1. The van der Waals surface area contributed by atoms with Crippen molar-refractivity contribution in [2.45, 2.75) is 181 Å². The van der Waals surface area contributed by atoms with E-state index in [1.54, 1.807) is 0 Å². The van der Waals surface area contributed by atoms with Crippen molar-refractivity contribution < 1.29 is 38.6 Å². The number of ether oxygens (including phenoxy) is 2. The molecule has 0 aromatic rings. The van der Waals surface area contributed by atoms with Gasteiger partial charge in [0.15, 0.2) is 0 Å². The molecule has 3 aliphatic carbocycles. The zero-order valence-electron chi connectivity index (χ0n) is 35.9. The topological polar surface area (TPSA) is 186 Å². The van der Waals surface area contributed by atoms with Gasteiger partial charge in [-0.25, -0.2) is 0 Å². The second-order valence-corrected chi connectivity index (χ2v) is 19.2. The van der Waals surface area contributed by atoms with Gasteiger partial charge in [0.25, 0.3) is 0 Å². The third-order valence-electron chi connectivity index (χ3n) is 10.8. The Hall–Kier alpha value is -2.09. The van der Waals surface area contributed by atoms with E-state index in [1.807, 2.05) is 41.5 Å². The van der Waals surface area contributed by atoms with Crippen molar-refractivity contribution in [3.63, 3.8) is 0 Å². The van der Waals surface area contributed by atoms with Gasteiger partial charge in [-0.1, -0.05) is 73.7 Å². The predicted molar refractivity (Wildman–Crippen MR) is 227 cm³/mol. The molecule has 0 aromatic carbocycles. The van der Waals surface area contributed by atoms with Gasteiger partial charge in [0.1, 0.15) is 17.5 Å². The number of nitrogens with one attached hydrogen (secondary N) is 3. The Morgan fingerprint density at radius 1 is 0.661 bits per heavy atom. The van der Waals surface area contributed by atoms with Gasteiger partial charge in [-0.3, -0.25) is 19.2 Å². The Balaban J connectivity index is 0.000000423. The van der Waals surface area contributed by atoms with Crippen LogP contribution in [0.3, 0.4) is 0 Å². The maximum atomic E-state index is 12.2. The fourth-order valence-corrected chi connectivity index (χ4v) is 8.32. The molecule has 56 heavy (non-hydrogen) atoms. The van der Waals surface area contributed by atoms with Gasteiger partial charge >= 0.3 is 17.9 Å². The molecule has 0 radical (unpaired) electrons. The van der Waals surface area contributed by atoms with Crippen molar-refractivity contribution in [1.82, 2.24) is 16.0 Å². The van der Waals surface area contributed by atoms with E-state index < -0.39 is 17.0 Å². The zero-order valence-corrected chi connectivity index (χ0v) is 37.5. The van der Waals surface area contributed by atoms with Crippen molar-refractivity contribution in [3.8, 4) is 0 Å². The van der Waals surface area contributed by atoms with E-state index in [-0.39, 0.29) is 47.1 Å². The number of aldehydes is 1. The van der Waals surface area contributed by atoms with Crippen molar-refractivity contribution in [2.75, 3.05) is 44.6 Å². The summed E-state index contributed by atoms with van der Waals surface area (Å²) in [5.74, 6) is -1.00. The summed E-state index contributed by atoms with van der Waals surface area (Å²) in [5.41, 5.74) is 4.25. The number of alkyl halides is 1. The van der Waals surface area contributed by atoms with Gasteiger partial charge in [-0.05, 0) is 123 Å². The van der Waals surface area contributed by atoms with E-state index in [0.717, 1.165) is 110 Å². The quantitative estimate of drug-likeness (QED) is 0.0378. The predicted octanol–water partition coefficient (Wildman–Crippen LogP) is 7.38. The van der Waals surface area contributed by atoms with Gasteiger partial charge < -0.3 is 41.1 Å². The average Bonchev–Trinajstić information content (AvgIpc) is 3.11. The Bertz CT molecular complexity index is 1150. The first kappa shape index (κ1) is 51.9. The summed E-state index contributed by atoms with van der Waals surface area (Å²) in [7, 11) is 0. The van der Waals surface area contributed by atoms with Crippen LogP contribution in [0.4, 0.5) is 0 Å². The SMILES string of the molecule is CC(C)(C)OC(=O)CC1(C=O)CCCCC1.CC(C)(C)OC(=O)CC1(CNCCCN)CCCCC1.O=C(O)CC1(CNCCCNC(=O)CBr)CCCCC1. The summed E-state index contributed by atoms with van der Waals surface area (Å²) in [5, 5.41) is 19.1. The number of amides is 1. The lowest BCUT2D eigenvalue weighted by atomic mass is 9.71. The molecule has 0 saturated heterocycles. The molecule has 0 bridgehead atoms. The van der Waals surface area contributed by atoms with Crippen molar-refractivity contribution in [2.24, 2.45) is 22.0 Å². The summed E-state index contributed by atoms with van der Waals surface area (Å²) in [6, 6.07) is 0. The fourth-order valence-electron chi connectivity index (χ4n) is 8.12. The minimum atomic E-state index is -0.696. The summed E-state index contributed by atoms with van der Waals surface area (Å²) >= 11 is 3.10. The number of hydrogen-bond donors (Lipinski definition) is 5. The molecule has 12 nitrogen and oxygen atoms in total. The van der Waals surface area contributed by atoms with Crippen molar-refractivity contribution >= 4 is 46.0 Å². The van der Waals surface area contributed by atoms with Crippen LogP contribution in [0, 0.1) is 16.2 Å². The van der Waals surface area contributed by atoms with Crippen LogP contribution in [-0.4, -0.2) is 91.0 Å². The normalized spacial score (nSPS) is 18.8. The highest BCUT2D eigenvalue weighted by molar-refractivity contribution is 9.09. The maximum absolute atomic E-state index is 12.2. The third kappa shape index (κ3) is 24.0. The first-order valence-electron chi connectivity index (χ1n) is 21.4. The molecule has 13 heteroatoms. The molecule has 0 heterocycles. The lowest BCUT2D eigenvalue weighted by Gasteiger charge is -2.37. The molecule has 0 aliphatic heterocycles. The Morgan fingerprint density at radius 2 is 1.09 bits per heavy atom. The second-order valence-electron chi connectivity index (χ2n) is 18.6. The van der Waals surface area contributed by atoms with E-state index >= 15 is 0 Å². The van der Waals surface area contributed by atoms with Gasteiger partial charge in [0.05, 0.1) is 24.6 Å². The summed E-state index contributed by atoms with van der Waals surface area (Å²) in [4.78, 5) is 57.1. The third-order valence-corrected chi connectivity index (χ3v) is 11.4. The molecule has 3 aliphatic rings. The van der Waals surface area contributed by atoms with Crippen molar-refractivity contribution in [3.05, 3.63) is 0 Å². The molecule has 326 valence electrons. The number of hydrogen-bond acceptors (Lipinski definition) is 10. The zero-order chi connectivity index (χ0) is 42.1. The summed E-state index contributed by atoms with van der Waals surface area (Å²) in [6.07, 6.45) is 20.3. The molecule has 3 saturated carbocycles. The van der Waals surface area contributed by atoms with E-state index in [0.29, 0.717) is 24.8 Å². The number of carboxylic acids is 1. The lowest BCUT2D eigenvalue weighted by Crippen LogP contribution is -2.40. The number of rotatable bonds is 19. The lowest BCUT2D eigenvalue weighted by molar-refractivity contribution is -0.160. The minimum Gasteiger partial charge on any atom is -0.481 e. The molecule has 3 fully saturated rings. The molecule has 6 N–H and O–H groups in total. The Kier molecular flexibility index (Phi) is 24.9. The van der Waals surface area contributed by atoms with Crippen LogP contribution in [0.2, 0.25) is 0 Å². The van der Waals surface area contributed by atoms with Gasteiger partial charge in [0.2, 0.25) is 5.91 Å². The minimum absolute atomic E-state index is 0.000344. The van der Waals surface area contributed by atoms with Crippen LogP contribution >= 0.6 is 15.9 Å². The van der Waals surface area contributed by atoms with E-state index in [2.05, 4.69) is 31.9 Å². The molecular weight excluding hydrogens is 780 g/mol. The number of esters is 2. The molecule has 0 spiro atoms. The van der Waals surface area contributed by atoms with Crippen molar-refractivity contribution in [1.29, 1.82) is 0 Å². The number of aliphatic carboxylic acids is 1. The highest BCUT2D eigenvalue weighted by atomic mass is 79.9. The van der Waals surface area contributed by atoms with Crippen LogP contribution in [-0.2, 0) is 33.4 Å². The Morgan fingerprint density at radius 3 is 1.50 bits per heavy atom. The van der Waals surface area contributed by atoms with Crippen LogP contribution in [0.1, 0.15) is 170 Å². The smallest absolute Gasteiger partial charge is 0.307 e. The molecule has 1 amide bonds. The number of halogens is 1. The van der Waals surface area contributed by atoms with Gasteiger partial charge in [-0.15, -0.1) is 0 Å². The second kappa shape index (κ2) is 26.8. The molecule has 0 atom stereocenters. The van der Waals surface area contributed by atoms with Crippen LogP contribution in [0.15, 0.2) is 0 Å². The fraction of sp³-hybridized carbons (Fsp3) is 0.884. The van der Waals surface area contributed by atoms with Gasteiger partial charge in [0, 0.05) is 25.0 Å². The van der Waals surface area contributed by atoms with Crippen LogP contribution < -0.4 is 21.7 Å². The van der Waals surface area contributed by atoms with E-state index in [9.17, 15) is 24.0 Å². The van der Waals surface area contributed by atoms with Crippen LogP contribution in [0.25, 0.3) is 0 Å². The monoisotopic (exact) mass is 859 g/mol. The van der Waals surface area contributed by atoms with Gasteiger partial charge in [-0.2, -0.15) is 0 Å². The molecule has 0 aromatic heterocycles. The Labute approximate surface area is 347 Å². The number of nitrogens with two attached hydrogens (primary N) is 1. The first-order valence-corrected chi connectivity index (χ1v) is 22.5. The molecule has 0 unspecified atom stereocenters. The maximum Gasteiger partial charge on any atom is 0.307 e. The largest absolute Gasteiger partial charge is 0.481 e. The van der Waals surface area contributed by atoms with E-state index in [4.69, 9.17) is 20.3 Å². The molecular formula is C43H79BrN4O8. The number of carbonyl (C=O) groups is 5. The highest BCUT2D eigenvalue weighted by Crippen LogP contribution is 2.41. The molecule has 3 rings (SSSR count). The average molecular weight is 860 g/mol. The summed E-state index contributed by atoms with van der Waals surface area (Å²) < 4.78 is 10.8. The van der Waals surface area contributed by atoms with Crippen LogP contribution in [0.5, 0.6) is 0 Å². The standard InChI is InChI=1S/C16H32N2O2.C14H25BrN2O3.C13H22O3/c1-15(2,3)20-14(19)12-16(8-5-4-6-9-16)13-18-11-7-10-17;15-10-12(18)17-8-4-7-16-11-14(9-13(19)20)5-2-1-3-6-14;1-12(2,3)16-11(15)9-13(10-14)7-5-4-6-8-13/h18H,4-13,17H2,1-3H3;16H,1-11H2,(H,17,18)(H,19,20);10H,4-9H2,1-3H3. The highest BCUT2D eigenvalue weighted by Gasteiger charge is 2.37. The first-order chi connectivity index (χ1) is 26.3.